The first-order chi connectivity index (χ1) is 13.8. The third-order valence-corrected chi connectivity index (χ3v) is 6.02. The highest BCUT2D eigenvalue weighted by atomic mass is 32.2. The molecule has 0 saturated heterocycles. The van der Waals surface area contributed by atoms with Crippen LogP contribution in [-0.2, 0) is 25.6 Å². The van der Waals surface area contributed by atoms with Crippen molar-refractivity contribution in [2.45, 2.75) is 43.0 Å². The number of hydrogen-bond donors (Lipinski definition) is 5. The lowest BCUT2D eigenvalue weighted by Gasteiger charge is -2.20. The largest absolute Gasteiger partial charge is 0.480 e. The Bertz CT molecular complexity index is 772. The van der Waals surface area contributed by atoms with Gasteiger partial charge in [0, 0.05) is 17.4 Å². The van der Waals surface area contributed by atoms with Gasteiger partial charge in [0.25, 0.3) is 0 Å². The minimum absolute atomic E-state index is 0.0617. The second kappa shape index (κ2) is 10.8. The van der Waals surface area contributed by atoms with Crippen LogP contribution in [0.25, 0.3) is 0 Å². The fraction of sp³-hybridized carbons (Fsp3) is 0.474. The molecule has 0 aromatic heterocycles. The van der Waals surface area contributed by atoms with Crippen LogP contribution < -0.4 is 16.4 Å². The standard InChI is InChI=1S/C19H25N3O6S/c20-13(19(27)28)6-8-16(23)22-14(18(26)21-9-17(24)25)10-29-15-7-5-11-3-1-2-4-12(11)15/h1-4,13-15H,5-10,20H2,(H,21,26)(H,22,23)(H,24,25)(H,27,28). The van der Waals surface area contributed by atoms with Gasteiger partial charge in [-0.2, -0.15) is 11.8 Å². The Morgan fingerprint density at radius 2 is 1.93 bits per heavy atom. The van der Waals surface area contributed by atoms with E-state index in [1.54, 1.807) is 0 Å². The molecule has 10 heteroatoms. The highest BCUT2D eigenvalue weighted by Crippen LogP contribution is 2.41. The number of carboxylic acid groups (broad SMARTS) is 2. The lowest BCUT2D eigenvalue weighted by Crippen LogP contribution is -2.49. The van der Waals surface area contributed by atoms with Crippen molar-refractivity contribution in [1.82, 2.24) is 10.6 Å². The Labute approximate surface area is 172 Å². The van der Waals surface area contributed by atoms with E-state index >= 15 is 0 Å². The fourth-order valence-electron chi connectivity index (χ4n) is 3.05. The van der Waals surface area contributed by atoms with Crippen LogP contribution in [0.2, 0.25) is 0 Å². The van der Waals surface area contributed by atoms with Crippen LogP contribution in [0.1, 0.15) is 35.6 Å². The van der Waals surface area contributed by atoms with Crippen molar-refractivity contribution in [3.8, 4) is 0 Å². The van der Waals surface area contributed by atoms with Crippen LogP contribution in [0.15, 0.2) is 24.3 Å². The van der Waals surface area contributed by atoms with Gasteiger partial charge in [-0.15, -0.1) is 0 Å². The number of fused-ring (bicyclic) bond motifs is 1. The number of carbonyl (C=O) groups is 4. The zero-order chi connectivity index (χ0) is 21.4. The van der Waals surface area contributed by atoms with Gasteiger partial charge in [0.2, 0.25) is 11.8 Å². The van der Waals surface area contributed by atoms with Crippen molar-refractivity contribution < 1.29 is 29.4 Å². The number of rotatable bonds is 11. The first-order valence-electron chi connectivity index (χ1n) is 9.24. The Kier molecular flexibility index (Phi) is 8.47. The summed E-state index contributed by atoms with van der Waals surface area (Å²) in [7, 11) is 0. The molecule has 1 aromatic rings. The number of hydrogen-bond acceptors (Lipinski definition) is 6. The van der Waals surface area contributed by atoms with E-state index in [0.717, 1.165) is 12.8 Å². The minimum atomic E-state index is -1.20. The van der Waals surface area contributed by atoms with Crippen LogP contribution in [0, 0.1) is 0 Å². The zero-order valence-corrected chi connectivity index (χ0v) is 16.6. The first-order valence-corrected chi connectivity index (χ1v) is 10.3. The van der Waals surface area contributed by atoms with Gasteiger partial charge in [-0.25, -0.2) is 0 Å². The summed E-state index contributed by atoms with van der Waals surface area (Å²) >= 11 is 1.53. The Hall–Kier alpha value is -2.59. The number of carboxylic acids is 2. The van der Waals surface area contributed by atoms with E-state index < -0.39 is 42.4 Å². The fourth-order valence-corrected chi connectivity index (χ4v) is 4.40. The lowest BCUT2D eigenvalue weighted by atomic mass is 10.1. The molecule has 6 N–H and O–H groups in total. The molecular weight excluding hydrogens is 398 g/mol. The molecule has 0 bridgehead atoms. The summed E-state index contributed by atoms with van der Waals surface area (Å²) in [5.74, 6) is -3.23. The number of benzene rings is 1. The van der Waals surface area contributed by atoms with E-state index in [1.165, 1.54) is 22.9 Å². The molecule has 158 valence electrons. The number of nitrogens with two attached hydrogens (primary N) is 1. The number of amides is 2. The molecule has 0 aliphatic heterocycles. The predicted octanol–water partition coefficient (Wildman–Crippen LogP) is 0.285. The summed E-state index contributed by atoms with van der Waals surface area (Å²) in [6.45, 7) is -0.550. The van der Waals surface area contributed by atoms with Crippen LogP contribution in [0.5, 0.6) is 0 Å². The van der Waals surface area contributed by atoms with Gasteiger partial charge in [-0.3, -0.25) is 19.2 Å². The third kappa shape index (κ3) is 7.06. The monoisotopic (exact) mass is 423 g/mol. The van der Waals surface area contributed by atoms with E-state index in [1.807, 2.05) is 18.2 Å². The SMILES string of the molecule is NC(CCC(=O)NC(CSC1CCc2ccccc21)C(=O)NCC(=O)O)C(=O)O. The highest BCUT2D eigenvalue weighted by molar-refractivity contribution is 7.99. The van der Waals surface area contributed by atoms with Crippen molar-refractivity contribution >= 4 is 35.5 Å². The lowest BCUT2D eigenvalue weighted by molar-refractivity contribution is -0.139. The number of aliphatic carboxylic acids is 2. The molecule has 0 spiro atoms. The molecule has 1 aromatic carbocycles. The van der Waals surface area contributed by atoms with Crippen molar-refractivity contribution in [3.05, 3.63) is 35.4 Å². The molecule has 3 atom stereocenters. The van der Waals surface area contributed by atoms with Gasteiger partial charge < -0.3 is 26.6 Å². The van der Waals surface area contributed by atoms with Gasteiger partial charge in [-0.05, 0) is 30.4 Å². The second-order valence-electron chi connectivity index (χ2n) is 6.77. The summed E-state index contributed by atoms with van der Waals surface area (Å²) in [5, 5.41) is 22.6. The smallest absolute Gasteiger partial charge is 0.322 e. The predicted molar refractivity (Wildman–Crippen MR) is 107 cm³/mol. The molecule has 2 amide bonds. The topological polar surface area (TPSA) is 159 Å². The van der Waals surface area contributed by atoms with Gasteiger partial charge >= 0.3 is 11.9 Å². The van der Waals surface area contributed by atoms with Crippen molar-refractivity contribution in [2.24, 2.45) is 5.73 Å². The van der Waals surface area contributed by atoms with Gasteiger partial charge in [0.1, 0.15) is 18.6 Å². The van der Waals surface area contributed by atoms with Crippen molar-refractivity contribution in [2.75, 3.05) is 12.3 Å². The van der Waals surface area contributed by atoms with E-state index in [0.29, 0.717) is 0 Å². The van der Waals surface area contributed by atoms with Gasteiger partial charge in [0.15, 0.2) is 0 Å². The Morgan fingerprint density at radius 1 is 1.21 bits per heavy atom. The zero-order valence-electron chi connectivity index (χ0n) is 15.8. The van der Waals surface area contributed by atoms with E-state index in [9.17, 15) is 19.2 Å². The summed E-state index contributed by atoms with van der Waals surface area (Å²) in [4.78, 5) is 46.0. The molecule has 9 nitrogen and oxygen atoms in total. The molecule has 1 aliphatic rings. The summed E-state index contributed by atoms with van der Waals surface area (Å²) in [5.41, 5.74) is 7.87. The number of nitrogens with one attached hydrogen (secondary N) is 2. The maximum Gasteiger partial charge on any atom is 0.322 e. The average molecular weight is 423 g/mol. The molecule has 0 radical (unpaired) electrons. The van der Waals surface area contributed by atoms with Gasteiger partial charge in [-0.1, -0.05) is 24.3 Å². The molecule has 1 aliphatic carbocycles. The summed E-state index contributed by atoms with van der Waals surface area (Å²) in [6.07, 6.45) is 1.67. The summed E-state index contributed by atoms with van der Waals surface area (Å²) in [6, 6.07) is 5.97. The quantitative estimate of drug-likeness (QED) is 0.339. The minimum Gasteiger partial charge on any atom is -0.480 e. The molecule has 0 saturated carbocycles. The van der Waals surface area contributed by atoms with Crippen LogP contribution >= 0.6 is 11.8 Å². The second-order valence-corrected chi connectivity index (χ2v) is 8.01. The number of aryl methyl sites for hydroxylation is 1. The van der Waals surface area contributed by atoms with Crippen LogP contribution in [0.4, 0.5) is 0 Å². The Morgan fingerprint density at radius 3 is 2.62 bits per heavy atom. The van der Waals surface area contributed by atoms with Crippen LogP contribution in [-0.4, -0.2) is 58.3 Å². The van der Waals surface area contributed by atoms with E-state index in [2.05, 4.69) is 16.7 Å². The first kappa shape index (κ1) is 22.7. The van der Waals surface area contributed by atoms with E-state index in [4.69, 9.17) is 15.9 Å². The molecule has 0 heterocycles. The maximum absolute atomic E-state index is 12.4. The van der Waals surface area contributed by atoms with Crippen LogP contribution in [0.3, 0.4) is 0 Å². The average Bonchev–Trinajstić information content (AvgIpc) is 3.10. The van der Waals surface area contributed by atoms with Crippen molar-refractivity contribution in [1.29, 1.82) is 0 Å². The Balaban J connectivity index is 1.95. The molecule has 2 rings (SSSR count). The molecular formula is C19H25N3O6S. The van der Waals surface area contributed by atoms with Crippen molar-refractivity contribution in [3.63, 3.8) is 0 Å². The third-order valence-electron chi connectivity index (χ3n) is 4.61. The number of carbonyl (C=O) groups excluding carboxylic acids is 2. The van der Waals surface area contributed by atoms with E-state index in [-0.39, 0.29) is 23.8 Å². The maximum atomic E-state index is 12.4. The molecule has 29 heavy (non-hydrogen) atoms. The molecule has 0 fully saturated rings. The molecule has 3 unspecified atom stereocenters. The highest BCUT2D eigenvalue weighted by Gasteiger charge is 2.27. The summed E-state index contributed by atoms with van der Waals surface area (Å²) < 4.78 is 0. The normalized spacial score (nSPS) is 17.1. The van der Waals surface area contributed by atoms with Gasteiger partial charge in [0.05, 0.1) is 0 Å². The number of thioether (sulfide) groups is 1.